The minimum atomic E-state index is -0.312. The van der Waals surface area contributed by atoms with Gasteiger partial charge in [0.1, 0.15) is 6.61 Å². The van der Waals surface area contributed by atoms with E-state index in [2.05, 4.69) is 46.7 Å². The zero-order valence-corrected chi connectivity index (χ0v) is 16.0. The molecular weight excluding hydrogens is 354 g/mol. The molecule has 2 aliphatic rings. The highest BCUT2D eigenvalue weighted by Crippen LogP contribution is 2.24. The fourth-order valence-corrected chi connectivity index (χ4v) is 3.82. The van der Waals surface area contributed by atoms with Gasteiger partial charge in [0.15, 0.2) is 0 Å². The molecule has 6 nitrogen and oxygen atoms in total. The molecule has 1 fully saturated rings. The summed E-state index contributed by atoms with van der Waals surface area (Å²) in [6, 6.07) is 13.3. The number of carbonyl (C=O) groups excluding carboxylic acids is 2. The molecule has 28 heavy (non-hydrogen) atoms. The predicted octanol–water partition coefficient (Wildman–Crippen LogP) is 3.92. The standard InChI is InChI=1S/C22H25N3O3/c1-15-3-2-10-25(13-15)19-7-4-16(5-8-19)12-23-22(27)24-18-6-9-20-17(11-18)14-28-21(20)26/h4-9,11,15H,2-3,10,12-14H2,1H3,(H2,23,24,27)/t15-/m0/s1. The summed E-state index contributed by atoms with van der Waals surface area (Å²) in [6.07, 6.45) is 2.55. The fraction of sp³-hybridized carbons (Fsp3) is 0.364. The Bertz CT molecular complexity index is 879. The third-order valence-electron chi connectivity index (χ3n) is 5.35. The van der Waals surface area contributed by atoms with Gasteiger partial charge in [0.05, 0.1) is 5.56 Å². The van der Waals surface area contributed by atoms with Gasteiger partial charge in [0.2, 0.25) is 0 Å². The number of nitrogens with zero attached hydrogens (tertiary/aromatic N) is 1. The molecule has 2 aromatic rings. The molecule has 1 atom stereocenters. The molecule has 0 aromatic heterocycles. The van der Waals surface area contributed by atoms with Gasteiger partial charge in [-0.15, -0.1) is 0 Å². The average Bonchev–Trinajstić information content (AvgIpc) is 3.07. The minimum Gasteiger partial charge on any atom is -0.457 e. The number of hydrogen-bond acceptors (Lipinski definition) is 4. The van der Waals surface area contributed by atoms with Gasteiger partial charge in [0, 0.05) is 36.6 Å². The molecule has 0 saturated carbocycles. The van der Waals surface area contributed by atoms with Crippen LogP contribution in [-0.2, 0) is 17.9 Å². The Kier molecular flexibility index (Phi) is 5.19. The van der Waals surface area contributed by atoms with Gasteiger partial charge in [-0.1, -0.05) is 19.1 Å². The van der Waals surface area contributed by atoms with Crippen molar-refractivity contribution in [3.8, 4) is 0 Å². The first-order chi connectivity index (χ1) is 13.6. The fourth-order valence-electron chi connectivity index (χ4n) is 3.82. The Morgan fingerprint density at radius 3 is 2.82 bits per heavy atom. The van der Waals surface area contributed by atoms with Gasteiger partial charge < -0.3 is 20.3 Å². The third kappa shape index (κ3) is 4.11. The second-order valence-electron chi connectivity index (χ2n) is 7.62. The van der Waals surface area contributed by atoms with E-state index in [0.717, 1.165) is 30.1 Å². The first kappa shape index (κ1) is 18.3. The highest BCUT2D eigenvalue weighted by molar-refractivity contribution is 5.95. The second kappa shape index (κ2) is 7.92. The zero-order chi connectivity index (χ0) is 19.5. The molecule has 0 aliphatic carbocycles. The van der Waals surface area contributed by atoms with Gasteiger partial charge in [-0.3, -0.25) is 0 Å². The van der Waals surface area contributed by atoms with Crippen LogP contribution < -0.4 is 15.5 Å². The molecule has 2 amide bonds. The highest BCUT2D eigenvalue weighted by atomic mass is 16.5. The van der Waals surface area contributed by atoms with Crippen LogP contribution in [0.1, 0.15) is 41.3 Å². The van der Waals surface area contributed by atoms with Crippen molar-refractivity contribution in [2.24, 2.45) is 5.92 Å². The largest absolute Gasteiger partial charge is 0.457 e. The Morgan fingerprint density at radius 2 is 2.04 bits per heavy atom. The Hall–Kier alpha value is -3.02. The van der Waals surface area contributed by atoms with E-state index in [1.54, 1.807) is 18.2 Å². The maximum atomic E-state index is 12.2. The maximum Gasteiger partial charge on any atom is 0.338 e. The van der Waals surface area contributed by atoms with Crippen LogP contribution in [-0.4, -0.2) is 25.1 Å². The zero-order valence-electron chi connectivity index (χ0n) is 16.0. The van der Waals surface area contributed by atoms with Crippen LogP contribution in [0.3, 0.4) is 0 Å². The summed E-state index contributed by atoms with van der Waals surface area (Å²) in [7, 11) is 0. The molecule has 4 rings (SSSR count). The van der Waals surface area contributed by atoms with Crippen LogP contribution in [0, 0.1) is 5.92 Å². The highest BCUT2D eigenvalue weighted by Gasteiger charge is 2.21. The van der Waals surface area contributed by atoms with E-state index in [9.17, 15) is 9.59 Å². The second-order valence-corrected chi connectivity index (χ2v) is 7.62. The number of benzene rings is 2. The number of amides is 2. The van der Waals surface area contributed by atoms with E-state index >= 15 is 0 Å². The summed E-state index contributed by atoms with van der Waals surface area (Å²) in [5.74, 6) is 0.427. The normalized spacial score (nSPS) is 18.4. The van der Waals surface area contributed by atoms with Crippen molar-refractivity contribution in [3.05, 3.63) is 59.2 Å². The molecule has 0 bridgehead atoms. The number of cyclic esters (lactones) is 1. The van der Waals surface area contributed by atoms with Crippen molar-refractivity contribution in [1.82, 2.24) is 5.32 Å². The number of fused-ring (bicyclic) bond motifs is 1. The number of hydrogen-bond donors (Lipinski definition) is 2. The van der Waals surface area contributed by atoms with Crippen molar-refractivity contribution in [2.45, 2.75) is 32.9 Å². The lowest BCUT2D eigenvalue weighted by atomic mass is 9.99. The predicted molar refractivity (Wildman–Crippen MR) is 108 cm³/mol. The summed E-state index contributed by atoms with van der Waals surface area (Å²) in [5.41, 5.74) is 4.30. The summed E-state index contributed by atoms with van der Waals surface area (Å²) in [6.45, 7) is 5.23. The number of urea groups is 1. The topological polar surface area (TPSA) is 70.7 Å². The number of rotatable bonds is 4. The number of piperidine rings is 1. The number of ether oxygens (including phenoxy) is 1. The number of carbonyl (C=O) groups is 2. The van der Waals surface area contributed by atoms with Gasteiger partial charge in [0.25, 0.3) is 0 Å². The van der Waals surface area contributed by atoms with Crippen LogP contribution in [0.4, 0.5) is 16.2 Å². The van der Waals surface area contributed by atoms with E-state index < -0.39 is 0 Å². The van der Waals surface area contributed by atoms with Gasteiger partial charge in [-0.25, -0.2) is 9.59 Å². The van der Waals surface area contributed by atoms with E-state index in [1.165, 1.54) is 18.5 Å². The van der Waals surface area contributed by atoms with Crippen LogP contribution in [0.2, 0.25) is 0 Å². The van der Waals surface area contributed by atoms with E-state index in [-0.39, 0.29) is 18.6 Å². The molecule has 2 aromatic carbocycles. The lowest BCUT2D eigenvalue weighted by Gasteiger charge is -2.32. The Balaban J connectivity index is 1.29. The van der Waals surface area contributed by atoms with Crippen molar-refractivity contribution >= 4 is 23.4 Å². The van der Waals surface area contributed by atoms with Crippen molar-refractivity contribution in [2.75, 3.05) is 23.3 Å². The maximum absolute atomic E-state index is 12.2. The monoisotopic (exact) mass is 379 g/mol. The Labute approximate surface area is 164 Å². The SMILES string of the molecule is C[C@H]1CCCN(c2ccc(CNC(=O)Nc3ccc4c(c3)COC4=O)cc2)C1. The quantitative estimate of drug-likeness (QED) is 0.790. The van der Waals surface area contributed by atoms with E-state index in [1.807, 2.05) is 0 Å². The first-order valence-corrected chi connectivity index (χ1v) is 9.77. The van der Waals surface area contributed by atoms with Crippen molar-refractivity contribution in [1.29, 1.82) is 0 Å². The van der Waals surface area contributed by atoms with Crippen molar-refractivity contribution < 1.29 is 14.3 Å². The van der Waals surface area contributed by atoms with Crippen molar-refractivity contribution in [3.63, 3.8) is 0 Å². The molecule has 2 N–H and O–H groups in total. The van der Waals surface area contributed by atoms with Gasteiger partial charge in [-0.05, 0) is 54.7 Å². The van der Waals surface area contributed by atoms with Crippen LogP contribution in [0.15, 0.2) is 42.5 Å². The molecule has 0 radical (unpaired) electrons. The lowest BCUT2D eigenvalue weighted by Crippen LogP contribution is -2.34. The van der Waals surface area contributed by atoms with Gasteiger partial charge >= 0.3 is 12.0 Å². The molecule has 0 spiro atoms. The lowest BCUT2D eigenvalue weighted by molar-refractivity contribution is 0.0535. The van der Waals surface area contributed by atoms with Crippen LogP contribution >= 0.6 is 0 Å². The smallest absolute Gasteiger partial charge is 0.338 e. The van der Waals surface area contributed by atoms with Gasteiger partial charge in [-0.2, -0.15) is 0 Å². The van der Waals surface area contributed by atoms with E-state index in [4.69, 9.17) is 4.74 Å². The number of esters is 1. The van der Waals surface area contributed by atoms with Crippen LogP contribution in [0.25, 0.3) is 0 Å². The first-order valence-electron chi connectivity index (χ1n) is 9.77. The third-order valence-corrected chi connectivity index (χ3v) is 5.35. The summed E-state index contributed by atoms with van der Waals surface area (Å²) < 4.78 is 4.98. The molecule has 1 saturated heterocycles. The molecular formula is C22H25N3O3. The molecule has 6 heteroatoms. The summed E-state index contributed by atoms with van der Waals surface area (Å²) >= 11 is 0. The summed E-state index contributed by atoms with van der Waals surface area (Å²) in [5, 5.41) is 5.67. The number of anilines is 2. The minimum absolute atomic E-state index is 0.257. The summed E-state index contributed by atoms with van der Waals surface area (Å²) in [4.78, 5) is 26.1. The molecule has 146 valence electrons. The average molecular weight is 379 g/mol. The molecule has 0 unspecified atom stereocenters. The van der Waals surface area contributed by atoms with Crippen LogP contribution in [0.5, 0.6) is 0 Å². The van der Waals surface area contributed by atoms with E-state index in [0.29, 0.717) is 17.8 Å². The molecule has 2 aliphatic heterocycles. The Morgan fingerprint density at radius 1 is 1.21 bits per heavy atom. The molecule has 2 heterocycles. The number of nitrogens with one attached hydrogen (secondary N) is 2.